The third kappa shape index (κ3) is 4.25. The van der Waals surface area contributed by atoms with Crippen LogP contribution in [0.5, 0.6) is 5.75 Å². The first-order valence-electron chi connectivity index (χ1n) is 9.81. The standard InChI is InChI=1S/C22H23ClN2O3S/c1-2-28-18-8-7-15(23)13-16(18)20(25-11-9-14(10-12-25)22(26)27)21-24-17-5-3-4-6-19(17)29-21/h3-8,13-14,20H,2,9-12H2,1H3,(H,26,27). The predicted molar refractivity (Wildman–Crippen MR) is 116 cm³/mol. The number of halogens is 1. The fraction of sp³-hybridized carbons (Fsp3) is 0.364. The second-order valence-corrected chi connectivity index (χ2v) is 8.68. The minimum atomic E-state index is -0.709. The molecule has 0 radical (unpaired) electrons. The molecule has 1 saturated heterocycles. The summed E-state index contributed by atoms with van der Waals surface area (Å²) in [5, 5.41) is 11.0. The normalized spacial score (nSPS) is 16.8. The first-order chi connectivity index (χ1) is 14.1. The molecule has 2 heterocycles. The molecule has 1 atom stereocenters. The minimum absolute atomic E-state index is 0.123. The van der Waals surface area contributed by atoms with Crippen LogP contribution in [0.1, 0.15) is 36.4 Å². The van der Waals surface area contributed by atoms with Crippen LogP contribution in [0.15, 0.2) is 42.5 Å². The van der Waals surface area contributed by atoms with Crippen molar-refractivity contribution in [3.8, 4) is 5.75 Å². The molecule has 0 saturated carbocycles. The zero-order valence-corrected chi connectivity index (χ0v) is 17.7. The van der Waals surface area contributed by atoms with E-state index in [-0.39, 0.29) is 12.0 Å². The fourth-order valence-electron chi connectivity index (χ4n) is 3.92. The highest BCUT2D eigenvalue weighted by molar-refractivity contribution is 7.18. The van der Waals surface area contributed by atoms with E-state index in [1.165, 1.54) is 0 Å². The minimum Gasteiger partial charge on any atom is -0.494 e. The van der Waals surface area contributed by atoms with E-state index in [9.17, 15) is 9.90 Å². The number of piperidine rings is 1. The summed E-state index contributed by atoms with van der Waals surface area (Å²) in [5.41, 5.74) is 1.95. The van der Waals surface area contributed by atoms with Gasteiger partial charge in [0.05, 0.1) is 28.8 Å². The molecule has 1 unspecified atom stereocenters. The molecular weight excluding hydrogens is 408 g/mol. The maximum absolute atomic E-state index is 11.4. The summed E-state index contributed by atoms with van der Waals surface area (Å²) in [6, 6.07) is 13.7. The van der Waals surface area contributed by atoms with Gasteiger partial charge in [-0.15, -0.1) is 11.3 Å². The Hall–Kier alpha value is -2.15. The van der Waals surface area contributed by atoms with Gasteiger partial charge in [-0.25, -0.2) is 4.98 Å². The van der Waals surface area contributed by atoms with Crippen LogP contribution in [0.4, 0.5) is 0 Å². The second-order valence-electron chi connectivity index (χ2n) is 7.19. The highest BCUT2D eigenvalue weighted by Gasteiger charge is 2.33. The lowest BCUT2D eigenvalue weighted by atomic mass is 9.94. The number of ether oxygens (including phenoxy) is 1. The predicted octanol–water partition coefficient (Wildman–Crippen LogP) is 5.23. The average Bonchev–Trinajstić information content (AvgIpc) is 3.14. The van der Waals surface area contributed by atoms with Crippen molar-refractivity contribution in [1.29, 1.82) is 0 Å². The number of carboxylic acid groups (broad SMARTS) is 1. The number of nitrogens with zero attached hydrogens (tertiary/aromatic N) is 2. The number of aromatic nitrogens is 1. The molecule has 3 aromatic rings. The van der Waals surface area contributed by atoms with E-state index in [4.69, 9.17) is 21.3 Å². The third-order valence-corrected chi connectivity index (χ3v) is 6.68. The molecule has 1 fully saturated rings. The fourth-order valence-corrected chi connectivity index (χ4v) is 5.22. The van der Waals surface area contributed by atoms with Crippen molar-refractivity contribution in [2.75, 3.05) is 19.7 Å². The van der Waals surface area contributed by atoms with Crippen molar-refractivity contribution >= 4 is 39.1 Å². The number of fused-ring (bicyclic) bond motifs is 1. The maximum atomic E-state index is 11.4. The van der Waals surface area contributed by atoms with E-state index in [1.807, 2.05) is 43.3 Å². The molecule has 1 aliphatic heterocycles. The Kier molecular flexibility index (Phi) is 6.04. The van der Waals surface area contributed by atoms with Gasteiger partial charge in [0.2, 0.25) is 0 Å². The van der Waals surface area contributed by atoms with E-state index in [0.717, 1.165) is 26.5 Å². The molecule has 2 aromatic carbocycles. The molecular formula is C22H23ClN2O3S. The quantitative estimate of drug-likeness (QED) is 0.579. The summed E-state index contributed by atoms with van der Waals surface area (Å²) in [5.74, 6) is -0.201. The van der Waals surface area contributed by atoms with Crippen molar-refractivity contribution in [2.24, 2.45) is 5.92 Å². The van der Waals surface area contributed by atoms with Gasteiger partial charge in [-0.05, 0) is 63.2 Å². The molecule has 0 aliphatic carbocycles. The van der Waals surface area contributed by atoms with Crippen LogP contribution >= 0.6 is 22.9 Å². The molecule has 0 spiro atoms. The lowest BCUT2D eigenvalue weighted by molar-refractivity contribution is -0.143. The van der Waals surface area contributed by atoms with Gasteiger partial charge < -0.3 is 9.84 Å². The summed E-state index contributed by atoms with van der Waals surface area (Å²) < 4.78 is 7.05. The number of carboxylic acids is 1. The van der Waals surface area contributed by atoms with E-state index < -0.39 is 5.97 Å². The van der Waals surface area contributed by atoms with Gasteiger partial charge in [0.25, 0.3) is 0 Å². The molecule has 152 valence electrons. The summed E-state index contributed by atoms with van der Waals surface area (Å²) in [6.07, 6.45) is 1.25. The Morgan fingerprint density at radius 2 is 2.07 bits per heavy atom. The number of benzene rings is 2. The van der Waals surface area contributed by atoms with Gasteiger partial charge in [-0.3, -0.25) is 9.69 Å². The van der Waals surface area contributed by atoms with Gasteiger partial charge in [0.15, 0.2) is 0 Å². The molecule has 4 rings (SSSR count). The molecule has 7 heteroatoms. The Balaban J connectivity index is 1.78. The van der Waals surface area contributed by atoms with E-state index >= 15 is 0 Å². The van der Waals surface area contributed by atoms with Gasteiger partial charge >= 0.3 is 5.97 Å². The van der Waals surface area contributed by atoms with Gasteiger partial charge in [-0.1, -0.05) is 23.7 Å². The Bertz CT molecular complexity index is 981. The first kappa shape index (κ1) is 20.1. The molecule has 5 nitrogen and oxygen atoms in total. The molecule has 1 aromatic heterocycles. The molecule has 1 aliphatic rings. The zero-order valence-electron chi connectivity index (χ0n) is 16.2. The number of likely N-dealkylation sites (tertiary alicyclic amines) is 1. The van der Waals surface area contributed by atoms with Crippen LogP contribution in [-0.4, -0.2) is 40.7 Å². The first-order valence-corrected chi connectivity index (χ1v) is 11.0. The molecule has 0 bridgehead atoms. The van der Waals surface area contributed by atoms with Crippen molar-refractivity contribution in [3.05, 3.63) is 58.1 Å². The molecule has 29 heavy (non-hydrogen) atoms. The molecule has 0 amide bonds. The van der Waals surface area contributed by atoms with Crippen LogP contribution in [0.2, 0.25) is 5.02 Å². The SMILES string of the molecule is CCOc1ccc(Cl)cc1C(c1nc2ccccc2s1)N1CCC(C(=O)O)CC1. The van der Waals surface area contributed by atoms with Crippen molar-refractivity contribution < 1.29 is 14.6 Å². The monoisotopic (exact) mass is 430 g/mol. The Labute approximate surface area is 178 Å². The van der Waals surface area contributed by atoms with Crippen LogP contribution in [-0.2, 0) is 4.79 Å². The largest absolute Gasteiger partial charge is 0.494 e. The van der Waals surface area contributed by atoms with Crippen LogP contribution in [0.3, 0.4) is 0 Å². The number of aliphatic carboxylic acids is 1. The van der Waals surface area contributed by atoms with E-state index in [0.29, 0.717) is 37.6 Å². The lowest BCUT2D eigenvalue weighted by Crippen LogP contribution is -2.39. The highest BCUT2D eigenvalue weighted by atomic mass is 35.5. The number of hydrogen-bond acceptors (Lipinski definition) is 5. The Morgan fingerprint density at radius 1 is 1.31 bits per heavy atom. The van der Waals surface area contributed by atoms with Gasteiger partial charge in [0, 0.05) is 10.6 Å². The summed E-state index contributed by atoms with van der Waals surface area (Å²) in [6.45, 7) is 3.90. The van der Waals surface area contributed by atoms with Gasteiger partial charge in [0.1, 0.15) is 10.8 Å². The van der Waals surface area contributed by atoms with Crippen LogP contribution < -0.4 is 4.74 Å². The third-order valence-electron chi connectivity index (χ3n) is 5.35. The summed E-state index contributed by atoms with van der Waals surface area (Å²) in [7, 11) is 0. The number of carbonyl (C=O) groups is 1. The van der Waals surface area contributed by atoms with Gasteiger partial charge in [-0.2, -0.15) is 0 Å². The average molecular weight is 431 g/mol. The number of rotatable bonds is 6. The second kappa shape index (κ2) is 8.69. The van der Waals surface area contributed by atoms with Crippen LogP contribution in [0, 0.1) is 5.92 Å². The number of hydrogen-bond donors (Lipinski definition) is 1. The summed E-state index contributed by atoms with van der Waals surface area (Å²) >= 11 is 8.03. The topological polar surface area (TPSA) is 62.7 Å². The van der Waals surface area contributed by atoms with Crippen molar-refractivity contribution in [2.45, 2.75) is 25.8 Å². The highest BCUT2D eigenvalue weighted by Crippen LogP contribution is 2.41. The number of thiazole rings is 1. The number of para-hydroxylation sites is 1. The molecule has 1 N–H and O–H groups in total. The van der Waals surface area contributed by atoms with Crippen LogP contribution in [0.25, 0.3) is 10.2 Å². The summed E-state index contributed by atoms with van der Waals surface area (Å²) in [4.78, 5) is 18.6. The van der Waals surface area contributed by atoms with Crippen molar-refractivity contribution in [3.63, 3.8) is 0 Å². The van der Waals surface area contributed by atoms with Crippen molar-refractivity contribution in [1.82, 2.24) is 9.88 Å². The van der Waals surface area contributed by atoms with E-state index in [2.05, 4.69) is 11.0 Å². The lowest BCUT2D eigenvalue weighted by Gasteiger charge is -2.36. The maximum Gasteiger partial charge on any atom is 0.306 e. The Morgan fingerprint density at radius 3 is 2.76 bits per heavy atom. The van der Waals surface area contributed by atoms with E-state index in [1.54, 1.807) is 11.3 Å². The smallest absolute Gasteiger partial charge is 0.306 e. The zero-order chi connectivity index (χ0) is 20.4.